The molecule has 4 aromatic rings. The van der Waals surface area contributed by atoms with Gasteiger partial charge in [-0.25, -0.2) is 14.4 Å². The molecule has 1 saturated heterocycles. The summed E-state index contributed by atoms with van der Waals surface area (Å²) < 4.78 is 20.4. The number of nitrogens with zero attached hydrogens (tertiary/aromatic N) is 5. The Hall–Kier alpha value is -3.57. The quantitative estimate of drug-likeness (QED) is 0.341. The fourth-order valence-electron chi connectivity index (χ4n) is 5.62. The molecule has 1 aromatic carbocycles. The Balaban J connectivity index is 1.49. The van der Waals surface area contributed by atoms with Gasteiger partial charge in [-0.15, -0.1) is 0 Å². The van der Waals surface area contributed by atoms with E-state index in [1.54, 1.807) is 14.0 Å². The molecule has 2 unspecified atom stereocenters. The van der Waals surface area contributed by atoms with Gasteiger partial charge in [-0.3, -0.25) is 0 Å². The first-order valence-electron chi connectivity index (χ1n) is 11.6. The van der Waals surface area contributed by atoms with Crippen molar-refractivity contribution in [1.82, 2.24) is 24.9 Å². The van der Waals surface area contributed by atoms with E-state index in [0.29, 0.717) is 40.0 Å². The zero-order valence-corrected chi connectivity index (χ0v) is 19.7. The van der Waals surface area contributed by atoms with Crippen LogP contribution in [0, 0.1) is 17.2 Å². The Labute approximate surface area is 200 Å². The van der Waals surface area contributed by atoms with Gasteiger partial charge in [0.15, 0.2) is 11.6 Å². The number of aliphatic hydroxyl groups is 1. The standard InChI is InChI=1S/C24H27FN8O2/c1-11(34)20-28-7-13(8-29-20)35-23-31-21-18(14-4-12(25)5-17(27-3)19(14)30-21)22(32-23)33-9-15-16(26)6-24(15,2)10-33/h4-5,7-8,11,15-16,27,34H,6,9-10,26H2,1-3H3,(H,30,31,32)/t11-,15?,16-,24?/m1/s1. The highest BCUT2D eigenvalue weighted by Crippen LogP contribution is 2.52. The molecular weight excluding hydrogens is 451 g/mol. The summed E-state index contributed by atoms with van der Waals surface area (Å²) in [7, 11) is 1.75. The van der Waals surface area contributed by atoms with Gasteiger partial charge in [-0.2, -0.15) is 9.97 Å². The van der Waals surface area contributed by atoms with E-state index in [4.69, 9.17) is 15.5 Å². The summed E-state index contributed by atoms with van der Waals surface area (Å²) in [6, 6.07) is 3.23. The number of aromatic nitrogens is 5. The van der Waals surface area contributed by atoms with Crippen LogP contribution in [0.5, 0.6) is 11.8 Å². The molecule has 0 amide bonds. The lowest BCUT2D eigenvalue weighted by Gasteiger charge is -2.46. The number of hydrogen-bond donors (Lipinski definition) is 4. The second-order valence-electron chi connectivity index (χ2n) is 9.87. The van der Waals surface area contributed by atoms with E-state index in [1.165, 1.54) is 24.5 Å². The van der Waals surface area contributed by atoms with Crippen LogP contribution in [0.15, 0.2) is 24.5 Å². The molecule has 0 spiro atoms. The summed E-state index contributed by atoms with van der Waals surface area (Å²) in [5.74, 6) is 1.33. The normalized spacial score (nSPS) is 24.5. The first-order valence-corrected chi connectivity index (χ1v) is 11.6. The number of ether oxygens (including phenoxy) is 1. The molecule has 1 aliphatic carbocycles. The second-order valence-corrected chi connectivity index (χ2v) is 9.87. The molecule has 182 valence electrons. The third-order valence-electron chi connectivity index (χ3n) is 7.37. The topological polar surface area (TPSA) is 138 Å². The first kappa shape index (κ1) is 21.9. The summed E-state index contributed by atoms with van der Waals surface area (Å²) in [5, 5.41) is 14.1. The minimum Gasteiger partial charge on any atom is -0.421 e. The molecule has 35 heavy (non-hydrogen) atoms. The predicted molar refractivity (Wildman–Crippen MR) is 130 cm³/mol. The minimum atomic E-state index is -0.783. The minimum absolute atomic E-state index is 0.118. The van der Waals surface area contributed by atoms with E-state index < -0.39 is 6.10 Å². The second kappa shape index (κ2) is 7.72. The average Bonchev–Trinajstić information content (AvgIpc) is 3.32. The highest BCUT2D eigenvalue weighted by atomic mass is 19.1. The fraction of sp³-hybridized carbons (Fsp3) is 0.417. The zero-order chi connectivity index (χ0) is 24.5. The zero-order valence-electron chi connectivity index (χ0n) is 19.7. The van der Waals surface area contributed by atoms with Crippen LogP contribution in [0.2, 0.25) is 0 Å². The number of hydrogen-bond acceptors (Lipinski definition) is 9. The van der Waals surface area contributed by atoms with Gasteiger partial charge in [-0.05, 0) is 36.8 Å². The summed E-state index contributed by atoms with van der Waals surface area (Å²) >= 11 is 0. The number of rotatable bonds is 5. The molecular formula is C24H27FN8O2. The van der Waals surface area contributed by atoms with E-state index in [0.717, 1.165) is 30.4 Å². The maximum absolute atomic E-state index is 14.5. The molecule has 11 heteroatoms. The van der Waals surface area contributed by atoms with Gasteiger partial charge in [0, 0.05) is 31.6 Å². The van der Waals surface area contributed by atoms with Gasteiger partial charge in [0.1, 0.15) is 23.4 Å². The molecule has 4 atom stereocenters. The number of fused-ring (bicyclic) bond motifs is 4. The van der Waals surface area contributed by atoms with Crippen molar-refractivity contribution in [2.24, 2.45) is 17.1 Å². The molecule has 0 radical (unpaired) electrons. The number of anilines is 2. The lowest BCUT2D eigenvalue weighted by molar-refractivity contribution is 0.0771. The van der Waals surface area contributed by atoms with Crippen molar-refractivity contribution < 1.29 is 14.2 Å². The summed E-state index contributed by atoms with van der Waals surface area (Å²) in [6.45, 7) is 5.40. The number of aliphatic hydroxyl groups excluding tert-OH is 1. The fourth-order valence-corrected chi connectivity index (χ4v) is 5.62. The maximum Gasteiger partial charge on any atom is 0.326 e. The Morgan fingerprint density at radius 3 is 2.74 bits per heavy atom. The SMILES string of the molecule is CNc1cc(F)cc2c1[nH]c1nc(Oc3cnc([C@@H](C)O)nc3)nc(N3CC4[C@H](N)CC4(C)C3)c12. The largest absolute Gasteiger partial charge is 0.421 e. The van der Waals surface area contributed by atoms with Gasteiger partial charge < -0.3 is 30.8 Å². The van der Waals surface area contributed by atoms with Crippen molar-refractivity contribution in [1.29, 1.82) is 0 Å². The maximum atomic E-state index is 14.5. The van der Waals surface area contributed by atoms with Crippen molar-refractivity contribution in [3.63, 3.8) is 0 Å². The summed E-state index contributed by atoms with van der Waals surface area (Å²) in [5.41, 5.74) is 8.35. The number of H-pyrrole nitrogens is 1. The predicted octanol–water partition coefficient (Wildman–Crippen LogP) is 3.10. The van der Waals surface area contributed by atoms with E-state index in [2.05, 4.69) is 37.1 Å². The van der Waals surface area contributed by atoms with Crippen molar-refractivity contribution in [2.45, 2.75) is 32.4 Å². The Morgan fingerprint density at radius 1 is 1.31 bits per heavy atom. The van der Waals surface area contributed by atoms with Crippen LogP contribution in [0.4, 0.5) is 15.9 Å². The smallest absolute Gasteiger partial charge is 0.326 e. The summed E-state index contributed by atoms with van der Waals surface area (Å²) in [4.78, 5) is 23.2. The number of nitrogens with one attached hydrogen (secondary N) is 2. The Morgan fingerprint density at radius 2 is 2.09 bits per heavy atom. The third kappa shape index (κ3) is 3.45. The van der Waals surface area contributed by atoms with Crippen LogP contribution >= 0.6 is 0 Å². The van der Waals surface area contributed by atoms with Gasteiger partial charge in [0.05, 0.1) is 29.0 Å². The molecule has 4 heterocycles. The molecule has 10 nitrogen and oxygen atoms in total. The van der Waals surface area contributed by atoms with Gasteiger partial charge in [0.25, 0.3) is 0 Å². The number of benzene rings is 1. The molecule has 2 aliphatic rings. The highest BCUT2D eigenvalue weighted by Gasteiger charge is 2.55. The molecule has 1 aliphatic heterocycles. The summed E-state index contributed by atoms with van der Waals surface area (Å²) in [6.07, 6.45) is 3.12. The van der Waals surface area contributed by atoms with Crippen molar-refractivity contribution >= 4 is 33.4 Å². The van der Waals surface area contributed by atoms with Crippen molar-refractivity contribution in [2.75, 3.05) is 30.4 Å². The van der Waals surface area contributed by atoms with Gasteiger partial charge >= 0.3 is 6.01 Å². The van der Waals surface area contributed by atoms with E-state index in [-0.39, 0.29) is 23.3 Å². The van der Waals surface area contributed by atoms with E-state index in [1.807, 2.05) is 0 Å². The highest BCUT2D eigenvalue weighted by molar-refractivity contribution is 6.14. The number of nitrogens with two attached hydrogens (primary N) is 1. The third-order valence-corrected chi connectivity index (χ3v) is 7.37. The van der Waals surface area contributed by atoms with Crippen molar-refractivity contribution in [3.8, 4) is 11.8 Å². The molecule has 3 aromatic heterocycles. The molecule has 6 rings (SSSR count). The Kier molecular flexibility index (Phi) is 4.84. The average molecular weight is 479 g/mol. The first-order chi connectivity index (χ1) is 16.8. The Bertz CT molecular complexity index is 1440. The van der Waals surface area contributed by atoms with Crippen LogP contribution in [0.1, 0.15) is 32.2 Å². The van der Waals surface area contributed by atoms with Crippen molar-refractivity contribution in [3.05, 3.63) is 36.2 Å². The number of aromatic amines is 1. The van der Waals surface area contributed by atoms with Crippen LogP contribution in [-0.4, -0.2) is 56.2 Å². The number of halogens is 1. The van der Waals surface area contributed by atoms with Gasteiger partial charge in [-0.1, -0.05) is 6.92 Å². The molecule has 2 fully saturated rings. The molecule has 1 saturated carbocycles. The molecule has 0 bridgehead atoms. The van der Waals surface area contributed by atoms with Crippen LogP contribution in [0.25, 0.3) is 21.9 Å². The lowest BCUT2D eigenvalue weighted by Crippen LogP contribution is -2.53. The van der Waals surface area contributed by atoms with E-state index in [9.17, 15) is 9.50 Å². The van der Waals surface area contributed by atoms with Crippen LogP contribution < -0.4 is 20.7 Å². The van der Waals surface area contributed by atoms with E-state index >= 15 is 0 Å². The van der Waals surface area contributed by atoms with Gasteiger partial charge in [0.2, 0.25) is 0 Å². The molecule has 5 N–H and O–H groups in total. The lowest BCUT2D eigenvalue weighted by atomic mass is 9.60. The monoisotopic (exact) mass is 478 g/mol. The van der Waals surface area contributed by atoms with Crippen LogP contribution in [0.3, 0.4) is 0 Å². The van der Waals surface area contributed by atoms with Crippen LogP contribution in [-0.2, 0) is 0 Å².